The lowest BCUT2D eigenvalue weighted by molar-refractivity contribution is -0.117. The fourth-order valence-electron chi connectivity index (χ4n) is 2.83. The molecule has 4 nitrogen and oxygen atoms in total. The molecule has 0 saturated carbocycles. The molecule has 0 aromatic heterocycles. The fraction of sp³-hybridized carbons (Fsp3) is 0.500. The van der Waals surface area contributed by atoms with Crippen molar-refractivity contribution in [2.45, 2.75) is 12.5 Å². The highest BCUT2D eigenvalue weighted by Gasteiger charge is 2.26. The molecular weight excluding hydrogens is 226 g/mol. The van der Waals surface area contributed by atoms with Gasteiger partial charge in [0.05, 0.1) is 6.42 Å². The van der Waals surface area contributed by atoms with Crippen LogP contribution in [0.5, 0.6) is 0 Å². The number of nitrogens with zero attached hydrogens (tertiary/aromatic N) is 2. The second-order valence-corrected chi connectivity index (χ2v) is 5.29. The quantitative estimate of drug-likeness (QED) is 0.794. The van der Waals surface area contributed by atoms with Gasteiger partial charge in [0.25, 0.3) is 0 Å². The number of rotatable bonds is 1. The van der Waals surface area contributed by atoms with Crippen molar-refractivity contribution in [2.24, 2.45) is 0 Å². The third kappa shape index (κ3) is 1.91. The summed E-state index contributed by atoms with van der Waals surface area (Å²) < 4.78 is 0. The van der Waals surface area contributed by atoms with E-state index in [-0.39, 0.29) is 5.91 Å². The van der Waals surface area contributed by atoms with Gasteiger partial charge < -0.3 is 15.1 Å². The van der Waals surface area contributed by atoms with E-state index in [2.05, 4.69) is 35.5 Å². The third-order valence-corrected chi connectivity index (χ3v) is 3.96. The van der Waals surface area contributed by atoms with Crippen molar-refractivity contribution in [3.05, 3.63) is 29.3 Å². The Hall–Kier alpha value is -1.39. The lowest BCUT2D eigenvalue weighted by Gasteiger charge is -2.31. The Balaban J connectivity index is 1.87. The Bertz CT molecular complexity index is 486. The lowest BCUT2D eigenvalue weighted by atomic mass is 10.0. The summed E-state index contributed by atoms with van der Waals surface area (Å²) in [6, 6.07) is 6.79. The Morgan fingerprint density at radius 1 is 1.33 bits per heavy atom. The Kier molecular flexibility index (Phi) is 2.84. The zero-order valence-electron chi connectivity index (χ0n) is 10.9. The van der Waals surface area contributed by atoms with Crippen LogP contribution >= 0.6 is 0 Å². The molecule has 2 aliphatic rings. The van der Waals surface area contributed by atoms with Crippen LogP contribution in [0.4, 0.5) is 5.69 Å². The van der Waals surface area contributed by atoms with E-state index >= 15 is 0 Å². The van der Waals surface area contributed by atoms with Crippen LogP contribution in [0.2, 0.25) is 0 Å². The van der Waals surface area contributed by atoms with E-state index in [1.807, 2.05) is 7.05 Å². The normalized spacial score (nSPS) is 24.4. The van der Waals surface area contributed by atoms with Crippen LogP contribution in [0.1, 0.15) is 17.2 Å². The van der Waals surface area contributed by atoms with Gasteiger partial charge >= 0.3 is 0 Å². The first-order chi connectivity index (χ1) is 8.65. The van der Waals surface area contributed by atoms with Crippen molar-refractivity contribution in [3.8, 4) is 0 Å². The molecule has 1 fully saturated rings. The monoisotopic (exact) mass is 245 g/mol. The second-order valence-electron chi connectivity index (χ2n) is 5.29. The molecular formula is C14H19N3O. The maximum Gasteiger partial charge on any atom is 0.231 e. The summed E-state index contributed by atoms with van der Waals surface area (Å²) in [5.74, 6) is 0.191. The van der Waals surface area contributed by atoms with Gasteiger partial charge in [-0.05, 0) is 24.2 Å². The number of fused-ring (bicyclic) bond motifs is 1. The summed E-state index contributed by atoms with van der Waals surface area (Å²) in [5, 5.41) is 3.54. The molecule has 2 heterocycles. The number of carbonyl (C=O) groups is 1. The molecule has 1 N–H and O–H groups in total. The lowest BCUT2D eigenvalue weighted by Crippen LogP contribution is -2.43. The first-order valence-electron chi connectivity index (χ1n) is 6.46. The number of hydrogen-bond donors (Lipinski definition) is 1. The van der Waals surface area contributed by atoms with Crippen molar-refractivity contribution in [3.63, 3.8) is 0 Å². The molecule has 96 valence electrons. The van der Waals surface area contributed by atoms with Gasteiger partial charge in [0.1, 0.15) is 0 Å². The molecule has 1 aromatic rings. The molecule has 3 rings (SSSR count). The number of carbonyl (C=O) groups excluding carboxylic acids is 1. The number of piperazine rings is 1. The predicted molar refractivity (Wildman–Crippen MR) is 71.8 cm³/mol. The van der Waals surface area contributed by atoms with Crippen LogP contribution in [-0.2, 0) is 11.2 Å². The number of anilines is 1. The van der Waals surface area contributed by atoms with Gasteiger partial charge in [-0.15, -0.1) is 0 Å². The van der Waals surface area contributed by atoms with Gasteiger partial charge in [0.15, 0.2) is 0 Å². The predicted octanol–water partition coefficient (Wildman–Crippen LogP) is 0.782. The third-order valence-electron chi connectivity index (χ3n) is 3.96. The van der Waals surface area contributed by atoms with Gasteiger partial charge in [-0.25, -0.2) is 0 Å². The SMILES string of the molecule is CN1CCNC(c2ccc3c(c2)CC(=O)N3C)C1. The largest absolute Gasteiger partial charge is 0.315 e. The van der Waals surface area contributed by atoms with E-state index in [4.69, 9.17) is 0 Å². The Labute approximate surface area is 108 Å². The zero-order chi connectivity index (χ0) is 12.7. The number of amides is 1. The van der Waals surface area contributed by atoms with Gasteiger partial charge in [-0.1, -0.05) is 12.1 Å². The minimum Gasteiger partial charge on any atom is -0.315 e. The maximum atomic E-state index is 11.7. The van der Waals surface area contributed by atoms with Crippen LogP contribution in [-0.4, -0.2) is 44.5 Å². The molecule has 1 saturated heterocycles. The van der Waals surface area contributed by atoms with Gasteiger partial charge in [-0.3, -0.25) is 4.79 Å². The van der Waals surface area contributed by atoms with Crippen molar-refractivity contribution >= 4 is 11.6 Å². The van der Waals surface area contributed by atoms with E-state index in [0.29, 0.717) is 12.5 Å². The first-order valence-corrected chi connectivity index (χ1v) is 6.46. The number of nitrogens with one attached hydrogen (secondary N) is 1. The Morgan fingerprint density at radius 2 is 2.17 bits per heavy atom. The topological polar surface area (TPSA) is 35.6 Å². The van der Waals surface area contributed by atoms with Crippen LogP contribution in [0, 0.1) is 0 Å². The zero-order valence-corrected chi connectivity index (χ0v) is 10.9. The van der Waals surface area contributed by atoms with E-state index in [1.54, 1.807) is 4.90 Å². The Morgan fingerprint density at radius 3 is 2.94 bits per heavy atom. The summed E-state index contributed by atoms with van der Waals surface area (Å²) in [7, 11) is 4.00. The van der Waals surface area contributed by atoms with E-state index in [9.17, 15) is 4.79 Å². The first kappa shape index (κ1) is 11.7. The van der Waals surface area contributed by atoms with Crippen LogP contribution in [0.25, 0.3) is 0 Å². The highest BCUT2D eigenvalue weighted by Crippen LogP contribution is 2.30. The number of likely N-dealkylation sites (N-methyl/N-ethyl adjacent to an activating group) is 2. The van der Waals surface area contributed by atoms with Crippen molar-refractivity contribution in [1.82, 2.24) is 10.2 Å². The number of hydrogen-bond acceptors (Lipinski definition) is 3. The molecule has 2 aliphatic heterocycles. The van der Waals surface area contributed by atoms with Crippen molar-refractivity contribution in [1.29, 1.82) is 0 Å². The summed E-state index contributed by atoms with van der Waals surface area (Å²) in [6.07, 6.45) is 0.544. The van der Waals surface area contributed by atoms with Crippen molar-refractivity contribution in [2.75, 3.05) is 38.6 Å². The summed E-state index contributed by atoms with van der Waals surface area (Å²) >= 11 is 0. The van der Waals surface area contributed by atoms with Gasteiger partial charge in [0.2, 0.25) is 5.91 Å². The summed E-state index contributed by atoms with van der Waals surface area (Å²) in [5.41, 5.74) is 3.52. The summed E-state index contributed by atoms with van der Waals surface area (Å²) in [4.78, 5) is 15.8. The molecule has 1 atom stereocenters. The molecule has 18 heavy (non-hydrogen) atoms. The molecule has 1 amide bonds. The smallest absolute Gasteiger partial charge is 0.231 e. The molecule has 0 spiro atoms. The average molecular weight is 245 g/mol. The number of benzene rings is 1. The maximum absolute atomic E-state index is 11.7. The molecule has 0 bridgehead atoms. The molecule has 1 aromatic carbocycles. The second kappa shape index (κ2) is 4.37. The van der Waals surface area contributed by atoms with E-state index in [0.717, 1.165) is 30.9 Å². The highest BCUT2D eigenvalue weighted by molar-refractivity contribution is 6.00. The minimum absolute atomic E-state index is 0.191. The molecule has 4 heteroatoms. The van der Waals surface area contributed by atoms with Gasteiger partial charge in [0, 0.05) is 38.4 Å². The molecule has 0 radical (unpaired) electrons. The standard InChI is InChI=1S/C14H19N3O/c1-16-6-5-15-12(9-16)10-3-4-13-11(7-10)8-14(18)17(13)2/h3-4,7,12,15H,5-6,8-9H2,1-2H3. The fourth-order valence-corrected chi connectivity index (χ4v) is 2.83. The molecule has 1 unspecified atom stereocenters. The molecule has 0 aliphatic carbocycles. The van der Waals surface area contributed by atoms with E-state index in [1.165, 1.54) is 5.56 Å². The van der Waals surface area contributed by atoms with E-state index < -0.39 is 0 Å². The van der Waals surface area contributed by atoms with Crippen LogP contribution < -0.4 is 10.2 Å². The minimum atomic E-state index is 0.191. The average Bonchev–Trinajstić information content (AvgIpc) is 2.65. The van der Waals surface area contributed by atoms with Crippen molar-refractivity contribution < 1.29 is 4.79 Å². The van der Waals surface area contributed by atoms with Crippen LogP contribution in [0.3, 0.4) is 0 Å². The van der Waals surface area contributed by atoms with Gasteiger partial charge in [-0.2, -0.15) is 0 Å². The van der Waals surface area contributed by atoms with Crippen LogP contribution in [0.15, 0.2) is 18.2 Å². The summed E-state index contributed by atoms with van der Waals surface area (Å²) in [6.45, 7) is 3.16. The highest BCUT2D eigenvalue weighted by atomic mass is 16.2.